The fraction of sp³-hybridized carbons (Fsp3) is 0.368. The molecule has 1 aromatic carbocycles. The van der Waals surface area contributed by atoms with Crippen LogP contribution in [0.15, 0.2) is 29.7 Å². The third-order valence-corrected chi connectivity index (χ3v) is 5.11. The molecule has 0 saturated carbocycles. The van der Waals surface area contributed by atoms with Crippen LogP contribution in [0, 0.1) is 0 Å². The van der Waals surface area contributed by atoms with E-state index in [1.165, 1.54) is 5.01 Å². The molecule has 0 atom stereocenters. The lowest BCUT2D eigenvalue weighted by Crippen LogP contribution is -1.98. The van der Waals surface area contributed by atoms with Gasteiger partial charge in [0.15, 0.2) is 0 Å². The number of thiazole rings is 1. The smallest absolute Gasteiger partial charge is 0.204 e. The number of hydrogen-bond donors (Lipinski definition) is 0. The molecule has 2 aromatic heterocycles. The van der Waals surface area contributed by atoms with Crippen LogP contribution in [0.2, 0.25) is 0 Å². The summed E-state index contributed by atoms with van der Waals surface area (Å²) in [6, 6.07) is 5.90. The summed E-state index contributed by atoms with van der Waals surface area (Å²) >= 11 is 1.72. The van der Waals surface area contributed by atoms with E-state index in [1.54, 1.807) is 23.2 Å². The molecule has 0 aliphatic carbocycles. The Bertz CT molecular complexity index is 897. The first-order chi connectivity index (χ1) is 12.6. The SMILES string of the molecule is CCn1nnc(-c2ccc(OC)c(/C=C/Cc3csc(C(C)C)n3)c2)n1. The molecule has 0 amide bonds. The van der Waals surface area contributed by atoms with Gasteiger partial charge in [-0.15, -0.1) is 21.5 Å². The van der Waals surface area contributed by atoms with Crippen molar-refractivity contribution in [2.75, 3.05) is 7.11 Å². The van der Waals surface area contributed by atoms with Gasteiger partial charge < -0.3 is 4.74 Å². The minimum Gasteiger partial charge on any atom is -0.496 e. The van der Waals surface area contributed by atoms with Crippen molar-refractivity contribution >= 4 is 17.4 Å². The predicted octanol–water partition coefficient (Wildman–Crippen LogP) is 4.20. The molecule has 136 valence electrons. The van der Waals surface area contributed by atoms with Crippen LogP contribution in [-0.2, 0) is 13.0 Å². The van der Waals surface area contributed by atoms with Crippen LogP contribution in [0.5, 0.6) is 5.75 Å². The van der Waals surface area contributed by atoms with Crippen LogP contribution in [0.4, 0.5) is 0 Å². The van der Waals surface area contributed by atoms with Crippen molar-refractivity contribution in [1.82, 2.24) is 25.2 Å². The number of benzene rings is 1. The molecule has 0 aliphatic heterocycles. The Kier molecular flexibility index (Phi) is 5.78. The number of methoxy groups -OCH3 is 1. The van der Waals surface area contributed by atoms with Crippen LogP contribution in [0.25, 0.3) is 17.5 Å². The first kappa shape index (κ1) is 18.3. The third kappa shape index (κ3) is 4.16. The highest BCUT2D eigenvalue weighted by Gasteiger charge is 2.09. The van der Waals surface area contributed by atoms with Crippen molar-refractivity contribution in [3.8, 4) is 17.1 Å². The van der Waals surface area contributed by atoms with E-state index in [0.29, 0.717) is 18.3 Å². The Labute approximate surface area is 157 Å². The van der Waals surface area contributed by atoms with Crippen molar-refractivity contribution in [3.05, 3.63) is 45.9 Å². The predicted molar refractivity (Wildman–Crippen MR) is 104 cm³/mol. The summed E-state index contributed by atoms with van der Waals surface area (Å²) in [7, 11) is 1.67. The molecule has 0 saturated heterocycles. The summed E-state index contributed by atoms with van der Waals surface area (Å²) in [5, 5.41) is 15.8. The lowest BCUT2D eigenvalue weighted by atomic mass is 10.1. The molecule has 6 nitrogen and oxygen atoms in total. The highest BCUT2D eigenvalue weighted by molar-refractivity contribution is 7.09. The minimum atomic E-state index is 0.471. The number of aryl methyl sites for hydroxylation is 1. The van der Waals surface area contributed by atoms with Gasteiger partial charge in [-0.1, -0.05) is 26.0 Å². The van der Waals surface area contributed by atoms with Crippen LogP contribution in [0.3, 0.4) is 0 Å². The van der Waals surface area contributed by atoms with Gasteiger partial charge in [-0.2, -0.15) is 4.80 Å². The summed E-state index contributed by atoms with van der Waals surface area (Å²) in [4.78, 5) is 6.24. The standard InChI is InChI=1S/C19H23N5OS/c1-5-24-22-18(21-23-24)15-9-10-17(25-4)14(11-15)7-6-8-16-12-26-19(20-16)13(2)3/h6-7,9-13H,5,8H2,1-4H3/b7-6+. The number of hydrogen-bond acceptors (Lipinski definition) is 6. The van der Waals surface area contributed by atoms with E-state index in [9.17, 15) is 0 Å². The third-order valence-electron chi connectivity index (χ3n) is 3.91. The summed E-state index contributed by atoms with van der Waals surface area (Å²) in [6.07, 6.45) is 4.96. The van der Waals surface area contributed by atoms with E-state index in [1.807, 2.05) is 25.1 Å². The zero-order chi connectivity index (χ0) is 18.5. The lowest BCUT2D eigenvalue weighted by Gasteiger charge is -2.06. The monoisotopic (exact) mass is 369 g/mol. The number of allylic oxidation sites excluding steroid dienone is 1. The molecule has 0 unspecified atom stereocenters. The highest BCUT2D eigenvalue weighted by atomic mass is 32.1. The molecule has 0 N–H and O–H groups in total. The summed E-state index contributed by atoms with van der Waals surface area (Å²) in [6.45, 7) is 7.01. The molecule has 0 spiro atoms. The fourth-order valence-corrected chi connectivity index (χ4v) is 3.33. The second-order valence-electron chi connectivity index (χ2n) is 6.20. The van der Waals surface area contributed by atoms with Crippen molar-refractivity contribution < 1.29 is 4.74 Å². The molecule has 0 radical (unpaired) electrons. The summed E-state index contributed by atoms with van der Waals surface area (Å²) in [5.41, 5.74) is 3.00. The lowest BCUT2D eigenvalue weighted by molar-refractivity contribution is 0.414. The molecule has 7 heteroatoms. The maximum absolute atomic E-state index is 5.47. The normalized spacial score (nSPS) is 11.6. The first-order valence-electron chi connectivity index (χ1n) is 8.67. The Morgan fingerprint density at radius 1 is 1.31 bits per heavy atom. The zero-order valence-electron chi connectivity index (χ0n) is 15.5. The maximum Gasteiger partial charge on any atom is 0.204 e. The average molecular weight is 369 g/mol. The molecule has 0 bridgehead atoms. The van der Waals surface area contributed by atoms with Crippen molar-refractivity contribution in [1.29, 1.82) is 0 Å². The number of rotatable bonds is 7. The Hall–Kier alpha value is -2.54. The van der Waals surface area contributed by atoms with Gasteiger partial charge in [-0.25, -0.2) is 4.98 Å². The molecule has 3 rings (SSSR count). The van der Waals surface area contributed by atoms with Crippen LogP contribution in [-0.4, -0.2) is 32.3 Å². The van der Waals surface area contributed by atoms with Crippen molar-refractivity contribution in [2.24, 2.45) is 0 Å². The molecule has 3 aromatic rings. The van der Waals surface area contributed by atoms with Crippen LogP contribution in [0.1, 0.15) is 43.0 Å². The fourth-order valence-electron chi connectivity index (χ4n) is 2.48. The van der Waals surface area contributed by atoms with E-state index >= 15 is 0 Å². The number of nitrogens with zero attached hydrogens (tertiary/aromatic N) is 5. The second-order valence-corrected chi connectivity index (χ2v) is 7.09. The van der Waals surface area contributed by atoms with Gasteiger partial charge in [0.1, 0.15) is 5.75 Å². The molecule has 0 aliphatic rings. The van der Waals surface area contributed by atoms with Gasteiger partial charge in [-0.05, 0) is 30.3 Å². The minimum absolute atomic E-state index is 0.471. The Morgan fingerprint density at radius 3 is 2.81 bits per heavy atom. The first-order valence-corrected chi connectivity index (χ1v) is 9.55. The van der Waals surface area contributed by atoms with Gasteiger partial charge in [0, 0.05) is 28.8 Å². The van der Waals surface area contributed by atoms with E-state index in [2.05, 4.69) is 51.8 Å². The van der Waals surface area contributed by atoms with Crippen molar-refractivity contribution in [3.63, 3.8) is 0 Å². The Morgan fingerprint density at radius 2 is 2.15 bits per heavy atom. The molecular weight excluding hydrogens is 346 g/mol. The van der Waals surface area contributed by atoms with E-state index in [4.69, 9.17) is 4.74 Å². The topological polar surface area (TPSA) is 65.7 Å². The second kappa shape index (κ2) is 8.23. The van der Waals surface area contributed by atoms with E-state index in [-0.39, 0.29) is 0 Å². The number of aromatic nitrogens is 5. The van der Waals surface area contributed by atoms with Gasteiger partial charge >= 0.3 is 0 Å². The quantitative estimate of drug-likeness (QED) is 0.624. The van der Waals surface area contributed by atoms with E-state index in [0.717, 1.165) is 29.0 Å². The molecule has 0 fully saturated rings. The Balaban J connectivity index is 1.79. The number of ether oxygens (including phenoxy) is 1. The molecular formula is C19H23N5OS. The van der Waals surface area contributed by atoms with Gasteiger partial charge in [0.05, 0.1) is 24.4 Å². The number of tetrazole rings is 1. The van der Waals surface area contributed by atoms with Crippen LogP contribution >= 0.6 is 11.3 Å². The average Bonchev–Trinajstić information content (AvgIpc) is 3.31. The summed E-state index contributed by atoms with van der Waals surface area (Å²) in [5.74, 6) is 1.90. The van der Waals surface area contributed by atoms with Crippen LogP contribution < -0.4 is 4.74 Å². The van der Waals surface area contributed by atoms with Gasteiger partial charge in [-0.3, -0.25) is 0 Å². The van der Waals surface area contributed by atoms with E-state index < -0.39 is 0 Å². The van der Waals surface area contributed by atoms with Gasteiger partial charge in [0.2, 0.25) is 5.82 Å². The van der Waals surface area contributed by atoms with Crippen molar-refractivity contribution in [2.45, 2.75) is 39.7 Å². The molecule has 2 heterocycles. The van der Waals surface area contributed by atoms with Gasteiger partial charge in [0.25, 0.3) is 0 Å². The maximum atomic E-state index is 5.47. The molecule has 26 heavy (non-hydrogen) atoms. The summed E-state index contributed by atoms with van der Waals surface area (Å²) < 4.78 is 5.47. The zero-order valence-corrected chi connectivity index (χ0v) is 16.3. The highest BCUT2D eigenvalue weighted by Crippen LogP contribution is 2.26. The largest absolute Gasteiger partial charge is 0.496 e.